The van der Waals surface area contributed by atoms with Gasteiger partial charge in [-0.1, -0.05) is 0 Å². The zero-order valence-electron chi connectivity index (χ0n) is 12.8. The van der Waals surface area contributed by atoms with Crippen LogP contribution >= 0.6 is 0 Å². The Morgan fingerprint density at radius 3 is 2.48 bits per heavy atom. The molecule has 6 nitrogen and oxygen atoms in total. The number of nitrogens with one attached hydrogen (secondary N) is 2. The van der Waals surface area contributed by atoms with Crippen LogP contribution in [-0.2, 0) is 10.0 Å². The van der Waals surface area contributed by atoms with Crippen LogP contribution < -0.4 is 15.8 Å². The Morgan fingerprint density at radius 1 is 1.33 bits per heavy atom. The maximum atomic E-state index is 12.1. The Balaban J connectivity index is 2.25. The summed E-state index contributed by atoms with van der Waals surface area (Å²) in [5.74, 6) is 0. The summed E-state index contributed by atoms with van der Waals surface area (Å²) in [5, 5.41) is 3.29. The van der Waals surface area contributed by atoms with Crippen molar-refractivity contribution in [1.29, 1.82) is 0 Å². The summed E-state index contributed by atoms with van der Waals surface area (Å²) in [5.41, 5.74) is 6.85. The number of nitrogen functional groups attached to an aromatic ring is 1. The molecule has 21 heavy (non-hydrogen) atoms. The highest BCUT2D eigenvalue weighted by atomic mass is 32.2. The van der Waals surface area contributed by atoms with E-state index in [1.165, 1.54) is 19.5 Å². The molecule has 118 valence electrons. The minimum atomic E-state index is -3.53. The Labute approximate surface area is 126 Å². The van der Waals surface area contributed by atoms with Gasteiger partial charge in [0.2, 0.25) is 10.0 Å². The van der Waals surface area contributed by atoms with Gasteiger partial charge >= 0.3 is 0 Å². The molecule has 1 aromatic carbocycles. The van der Waals surface area contributed by atoms with Crippen molar-refractivity contribution in [3.63, 3.8) is 0 Å². The van der Waals surface area contributed by atoms with E-state index in [1.807, 2.05) is 0 Å². The minimum Gasteiger partial charge on any atom is -0.399 e. The molecule has 0 aromatic heterocycles. The van der Waals surface area contributed by atoms with E-state index in [2.05, 4.69) is 29.0 Å². The highest BCUT2D eigenvalue weighted by molar-refractivity contribution is 7.89. The number of likely N-dealkylation sites (N-methyl/N-ethyl adjacent to an activating group) is 1. The number of benzene rings is 1. The van der Waals surface area contributed by atoms with Crippen molar-refractivity contribution in [2.75, 3.05) is 38.7 Å². The van der Waals surface area contributed by atoms with E-state index in [4.69, 9.17) is 5.73 Å². The molecule has 0 spiro atoms. The average molecular weight is 312 g/mol. The fourth-order valence-corrected chi connectivity index (χ4v) is 3.58. The lowest BCUT2D eigenvalue weighted by molar-refractivity contribution is 0.0738. The van der Waals surface area contributed by atoms with Crippen LogP contribution in [0.2, 0.25) is 0 Å². The lowest BCUT2D eigenvalue weighted by Gasteiger charge is -2.47. The van der Waals surface area contributed by atoms with Gasteiger partial charge in [0, 0.05) is 17.8 Å². The molecule has 2 rings (SSSR count). The summed E-state index contributed by atoms with van der Waals surface area (Å²) in [6, 6.07) is 4.92. The van der Waals surface area contributed by atoms with Gasteiger partial charge in [0.15, 0.2) is 0 Å². The van der Waals surface area contributed by atoms with Gasteiger partial charge in [-0.3, -0.25) is 0 Å². The Hall–Kier alpha value is -1.31. The fourth-order valence-electron chi connectivity index (χ4n) is 2.64. The molecule has 1 aliphatic carbocycles. The molecule has 1 aromatic rings. The van der Waals surface area contributed by atoms with Crippen LogP contribution in [0.25, 0.3) is 0 Å². The van der Waals surface area contributed by atoms with Gasteiger partial charge in [-0.25, -0.2) is 13.1 Å². The molecule has 0 heterocycles. The number of anilines is 2. The summed E-state index contributed by atoms with van der Waals surface area (Å²) in [6.45, 7) is 0.718. The highest BCUT2D eigenvalue weighted by Crippen LogP contribution is 2.36. The van der Waals surface area contributed by atoms with E-state index in [0.717, 1.165) is 19.4 Å². The quantitative estimate of drug-likeness (QED) is 0.684. The predicted molar refractivity (Wildman–Crippen MR) is 85.9 cm³/mol. The SMILES string of the molecule is CNS(=O)(=O)c1cc(N)ccc1NCC1(N(C)C)CCC1. The Bertz CT molecular complexity index is 609. The molecule has 0 atom stereocenters. The van der Waals surface area contributed by atoms with E-state index in [0.29, 0.717) is 11.4 Å². The zero-order chi connectivity index (χ0) is 15.7. The third-order valence-corrected chi connectivity index (χ3v) is 5.86. The molecule has 0 aliphatic heterocycles. The monoisotopic (exact) mass is 312 g/mol. The zero-order valence-corrected chi connectivity index (χ0v) is 13.6. The molecule has 4 N–H and O–H groups in total. The molecule has 0 radical (unpaired) electrons. The molecular weight excluding hydrogens is 288 g/mol. The summed E-state index contributed by atoms with van der Waals surface area (Å²) in [7, 11) is 1.99. The Kier molecular flexibility index (Phi) is 4.46. The predicted octanol–water partition coefficient (Wildman–Crippen LogP) is 1.07. The van der Waals surface area contributed by atoms with Crippen LogP contribution in [-0.4, -0.2) is 46.5 Å². The number of sulfonamides is 1. The fraction of sp³-hybridized carbons (Fsp3) is 0.571. The Morgan fingerprint density at radius 2 is 2.00 bits per heavy atom. The van der Waals surface area contributed by atoms with Gasteiger partial charge in [-0.05, 0) is 58.6 Å². The van der Waals surface area contributed by atoms with Crippen LogP contribution in [0.15, 0.2) is 23.1 Å². The van der Waals surface area contributed by atoms with Gasteiger partial charge in [0.05, 0.1) is 5.69 Å². The molecule has 1 saturated carbocycles. The van der Waals surface area contributed by atoms with E-state index in [-0.39, 0.29) is 10.4 Å². The molecule has 1 fully saturated rings. The molecule has 1 aliphatic rings. The lowest BCUT2D eigenvalue weighted by Crippen LogP contribution is -2.54. The van der Waals surface area contributed by atoms with Crippen molar-refractivity contribution in [2.45, 2.75) is 29.7 Å². The van der Waals surface area contributed by atoms with Crippen LogP contribution in [0, 0.1) is 0 Å². The normalized spacial score (nSPS) is 17.5. The minimum absolute atomic E-state index is 0.113. The number of nitrogens with zero attached hydrogens (tertiary/aromatic N) is 1. The summed E-state index contributed by atoms with van der Waals surface area (Å²) in [4.78, 5) is 2.41. The van der Waals surface area contributed by atoms with Crippen molar-refractivity contribution in [3.8, 4) is 0 Å². The van der Waals surface area contributed by atoms with Gasteiger partial charge in [0.25, 0.3) is 0 Å². The standard InChI is InChI=1S/C14H24N4O2S/c1-16-21(19,20)13-9-11(15)5-6-12(13)17-10-14(18(2)3)7-4-8-14/h5-6,9,16-17H,4,7-8,10,15H2,1-3H3. The molecule has 0 amide bonds. The van der Waals surface area contributed by atoms with Crippen LogP contribution in [0.4, 0.5) is 11.4 Å². The summed E-state index contributed by atoms with van der Waals surface area (Å²) < 4.78 is 26.5. The molecule has 0 bridgehead atoms. The third kappa shape index (κ3) is 3.14. The van der Waals surface area contributed by atoms with E-state index in [1.54, 1.807) is 12.1 Å². The maximum absolute atomic E-state index is 12.1. The van der Waals surface area contributed by atoms with Crippen molar-refractivity contribution < 1.29 is 8.42 Å². The van der Waals surface area contributed by atoms with E-state index < -0.39 is 10.0 Å². The number of nitrogens with two attached hydrogens (primary N) is 1. The smallest absolute Gasteiger partial charge is 0.242 e. The topological polar surface area (TPSA) is 87.5 Å². The number of hydrogen-bond donors (Lipinski definition) is 3. The van der Waals surface area contributed by atoms with E-state index >= 15 is 0 Å². The second kappa shape index (κ2) is 5.82. The number of rotatable bonds is 6. The van der Waals surface area contributed by atoms with Crippen molar-refractivity contribution in [2.24, 2.45) is 0 Å². The van der Waals surface area contributed by atoms with Crippen LogP contribution in [0.5, 0.6) is 0 Å². The molecule has 0 saturated heterocycles. The first-order valence-electron chi connectivity index (χ1n) is 7.05. The summed E-state index contributed by atoms with van der Waals surface area (Å²) in [6.07, 6.45) is 3.45. The second-order valence-electron chi connectivity index (χ2n) is 5.79. The van der Waals surface area contributed by atoms with Crippen LogP contribution in [0.1, 0.15) is 19.3 Å². The van der Waals surface area contributed by atoms with E-state index in [9.17, 15) is 8.42 Å². The number of hydrogen-bond acceptors (Lipinski definition) is 5. The van der Waals surface area contributed by atoms with Gasteiger partial charge < -0.3 is 16.0 Å². The molecular formula is C14H24N4O2S. The average Bonchev–Trinajstić information content (AvgIpc) is 2.38. The lowest BCUT2D eigenvalue weighted by atomic mass is 9.75. The first kappa shape index (κ1) is 16.1. The third-order valence-electron chi connectivity index (χ3n) is 4.40. The van der Waals surface area contributed by atoms with Crippen molar-refractivity contribution in [1.82, 2.24) is 9.62 Å². The molecule has 7 heteroatoms. The molecule has 0 unspecified atom stereocenters. The van der Waals surface area contributed by atoms with Crippen molar-refractivity contribution >= 4 is 21.4 Å². The largest absolute Gasteiger partial charge is 0.399 e. The maximum Gasteiger partial charge on any atom is 0.242 e. The van der Waals surface area contributed by atoms with Gasteiger partial charge in [-0.15, -0.1) is 0 Å². The highest BCUT2D eigenvalue weighted by Gasteiger charge is 2.39. The van der Waals surface area contributed by atoms with Crippen LogP contribution in [0.3, 0.4) is 0 Å². The summed E-state index contributed by atoms with van der Waals surface area (Å²) >= 11 is 0. The first-order valence-corrected chi connectivity index (χ1v) is 8.53. The van der Waals surface area contributed by atoms with Crippen molar-refractivity contribution in [3.05, 3.63) is 18.2 Å². The second-order valence-corrected chi connectivity index (χ2v) is 7.64. The van der Waals surface area contributed by atoms with Gasteiger partial charge in [-0.2, -0.15) is 0 Å². The first-order chi connectivity index (χ1) is 9.81. The van der Waals surface area contributed by atoms with Gasteiger partial charge in [0.1, 0.15) is 4.90 Å².